The molecule has 0 bridgehead atoms. The van der Waals surface area contributed by atoms with E-state index < -0.39 is 0 Å². The molecular formula is C26H34N2O6. The minimum absolute atomic E-state index is 0.143. The average molecular weight is 471 g/mol. The lowest BCUT2D eigenvalue weighted by Crippen LogP contribution is -2.48. The zero-order chi connectivity index (χ0) is 24.1. The number of carbonyl (C=O) groups is 2. The summed E-state index contributed by atoms with van der Waals surface area (Å²) in [4.78, 5) is 27.1. The van der Waals surface area contributed by atoms with Crippen LogP contribution in [0.5, 0.6) is 0 Å². The Bertz CT molecular complexity index is 956. The highest BCUT2D eigenvalue weighted by Gasteiger charge is 2.34. The zero-order valence-electron chi connectivity index (χ0n) is 20.2. The van der Waals surface area contributed by atoms with Gasteiger partial charge in [-0.05, 0) is 38.3 Å². The van der Waals surface area contributed by atoms with Crippen molar-refractivity contribution in [1.29, 1.82) is 0 Å². The highest BCUT2D eigenvalue weighted by molar-refractivity contribution is 5.74. The fraction of sp³-hybridized carbons (Fsp3) is 0.538. The van der Waals surface area contributed by atoms with Gasteiger partial charge >= 0.3 is 6.09 Å². The van der Waals surface area contributed by atoms with Crippen molar-refractivity contribution in [2.45, 2.75) is 39.2 Å². The Morgan fingerprint density at radius 2 is 2.03 bits per heavy atom. The van der Waals surface area contributed by atoms with E-state index in [-0.39, 0.29) is 12.2 Å². The molecule has 2 saturated heterocycles. The van der Waals surface area contributed by atoms with Gasteiger partial charge in [-0.2, -0.15) is 0 Å². The summed E-state index contributed by atoms with van der Waals surface area (Å²) in [5, 5.41) is 0. The van der Waals surface area contributed by atoms with Gasteiger partial charge in [-0.3, -0.25) is 4.79 Å². The third kappa shape index (κ3) is 5.28. The van der Waals surface area contributed by atoms with Crippen molar-refractivity contribution in [2.75, 3.05) is 52.7 Å². The zero-order valence-corrected chi connectivity index (χ0v) is 20.2. The van der Waals surface area contributed by atoms with E-state index >= 15 is 0 Å². The van der Waals surface area contributed by atoms with Crippen molar-refractivity contribution in [3.8, 4) is 0 Å². The fourth-order valence-corrected chi connectivity index (χ4v) is 4.69. The summed E-state index contributed by atoms with van der Waals surface area (Å²) in [7, 11) is 0. The minimum Gasteiger partial charge on any atom is -0.476 e. The second-order valence-electron chi connectivity index (χ2n) is 8.99. The van der Waals surface area contributed by atoms with Crippen LogP contribution in [0.15, 0.2) is 35.7 Å². The fourth-order valence-electron chi connectivity index (χ4n) is 4.69. The summed E-state index contributed by atoms with van der Waals surface area (Å²) in [6.07, 6.45) is 2.69. The molecule has 0 aromatic heterocycles. The summed E-state index contributed by atoms with van der Waals surface area (Å²) in [6.45, 7) is 10.4. The molecule has 1 aromatic rings. The van der Waals surface area contributed by atoms with Crippen LogP contribution in [-0.4, -0.2) is 81.0 Å². The normalized spacial score (nSPS) is 21.0. The SMILES string of the molecule is CCOC(=O)N1CC(c2ccc3c(c2)CCN(/C(=C\C=O)OC[C@@H]2COCCO2)C3=C(C)C)C1. The molecular weight excluding hydrogens is 436 g/mol. The molecule has 1 amide bonds. The van der Waals surface area contributed by atoms with Gasteiger partial charge in [0.05, 0.1) is 26.4 Å². The van der Waals surface area contributed by atoms with Crippen molar-refractivity contribution in [3.05, 3.63) is 52.4 Å². The maximum Gasteiger partial charge on any atom is 0.409 e. The summed E-state index contributed by atoms with van der Waals surface area (Å²) in [5.74, 6) is 0.855. The second kappa shape index (κ2) is 11.1. The highest BCUT2D eigenvalue weighted by Crippen LogP contribution is 2.37. The lowest BCUT2D eigenvalue weighted by Gasteiger charge is -2.40. The van der Waals surface area contributed by atoms with Gasteiger partial charge < -0.3 is 28.7 Å². The Morgan fingerprint density at radius 1 is 1.21 bits per heavy atom. The quantitative estimate of drug-likeness (QED) is 0.344. The molecule has 0 N–H and O–H groups in total. The molecule has 8 nitrogen and oxygen atoms in total. The van der Waals surface area contributed by atoms with E-state index in [1.54, 1.807) is 4.90 Å². The molecule has 1 aromatic carbocycles. The number of amides is 1. The van der Waals surface area contributed by atoms with Gasteiger partial charge in [0.2, 0.25) is 0 Å². The molecule has 1 atom stereocenters. The molecule has 0 aliphatic carbocycles. The maximum absolute atomic E-state index is 11.9. The minimum atomic E-state index is -0.237. The lowest BCUT2D eigenvalue weighted by atomic mass is 9.86. The molecule has 4 rings (SSSR count). The van der Waals surface area contributed by atoms with Gasteiger partial charge in [-0.25, -0.2) is 4.79 Å². The molecule has 0 saturated carbocycles. The third-order valence-corrected chi connectivity index (χ3v) is 6.39. The monoisotopic (exact) mass is 470 g/mol. The first-order chi connectivity index (χ1) is 16.5. The molecule has 3 aliphatic rings. The van der Waals surface area contributed by atoms with E-state index in [4.69, 9.17) is 18.9 Å². The van der Waals surface area contributed by atoms with E-state index in [0.29, 0.717) is 64.5 Å². The van der Waals surface area contributed by atoms with Crippen LogP contribution in [0.2, 0.25) is 0 Å². The molecule has 0 radical (unpaired) electrons. The number of nitrogens with zero attached hydrogens (tertiary/aromatic N) is 2. The van der Waals surface area contributed by atoms with Gasteiger partial charge in [0.1, 0.15) is 19.0 Å². The number of aldehydes is 1. The summed E-state index contributed by atoms with van der Waals surface area (Å²) in [6, 6.07) is 6.57. The van der Waals surface area contributed by atoms with Crippen LogP contribution in [-0.2, 0) is 30.2 Å². The van der Waals surface area contributed by atoms with Crippen LogP contribution in [0.3, 0.4) is 0 Å². The number of hydrogen-bond donors (Lipinski definition) is 0. The molecule has 3 aliphatic heterocycles. The first kappa shape index (κ1) is 24.3. The predicted molar refractivity (Wildman–Crippen MR) is 127 cm³/mol. The van der Waals surface area contributed by atoms with E-state index in [1.165, 1.54) is 17.2 Å². The number of fused-ring (bicyclic) bond motifs is 1. The van der Waals surface area contributed by atoms with Crippen molar-refractivity contribution in [3.63, 3.8) is 0 Å². The molecule has 8 heteroatoms. The van der Waals surface area contributed by atoms with E-state index in [2.05, 4.69) is 36.9 Å². The molecule has 184 valence electrons. The molecule has 3 heterocycles. The number of hydrogen-bond acceptors (Lipinski definition) is 7. The first-order valence-corrected chi connectivity index (χ1v) is 12.0. The van der Waals surface area contributed by atoms with E-state index in [9.17, 15) is 9.59 Å². The smallest absolute Gasteiger partial charge is 0.409 e. The number of carbonyl (C=O) groups excluding carboxylic acids is 2. The summed E-state index contributed by atoms with van der Waals surface area (Å²) >= 11 is 0. The van der Waals surface area contributed by atoms with E-state index in [0.717, 1.165) is 29.5 Å². The first-order valence-electron chi connectivity index (χ1n) is 12.0. The topological polar surface area (TPSA) is 77.5 Å². The van der Waals surface area contributed by atoms with Crippen molar-refractivity contribution in [1.82, 2.24) is 9.80 Å². The van der Waals surface area contributed by atoms with Crippen LogP contribution in [0, 0.1) is 0 Å². The number of rotatable bonds is 7. The Morgan fingerprint density at radius 3 is 2.71 bits per heavy atom. The number of likely N-dealkylation sites (tertiary alicyclic amines) is 1. The van der Waals surface area contributed by atoms with Crippen molar-refractivity contribution < 1.29 is 28.5 Å². The van der Waals surface area contributed by atoms with Gasteiger partial charge in [0.15, 0.2) is 5.88 Å². The maximum atomic E-state index is 11.9. The average Bonchev–Trinajstić information content (AvgIpc) is 2.80. The second-order valence-corrected chi connectivity index (χ2v) is 8.99. The Balaban J connectivity index is 1.49. The van der Waals surface area contributed by atoms with Crippen molar-refractivity contribution in [2.24, 2.45) is 0 Å². The van der Waals surface area contributed by atoms with Crippen LogP contribution in [0.4, 0.5) is 4.79 Å². The summed E-state index contributed by atoms with van der Waals surface area (Å²) in [5.41, 5.74) is 5.87. The molecule has 34 heavy (non-hydrogen) atoms. The van der Waals surface area contributed by atoms with Gasteiger partial charge in [0.25, 0.3) is 0 Å². The van der Waals surface area contributed by atoms with Gasteiger partial charge in [0, 0.05) is 42.9 Å². The van der Waals surface area contributed by atoms with Crippen LogP contribution in [0.25, 0.3) is 5.70 Å². The lowest BCUT2D eigenvalue weighted by molar-refractivity contribution is -0.112. The highest BCUT2D eigenvalue weighted by atomic mass is 16.6. The van der Waals surface area contributed by atoms with Crippen molar-refractivity contribution >= 4 is 18.1 Å². The van der Waals surface area contributed by atoms with Crippen LogP contribution in [0.1, 0.15) is 43.4 Å². The third-order valence-electron chi connectivity index (χ3n) is 6.39. The van der Waals surface area contributed by atoms with Gasteiger partial charge in [-0.1, -0.05) is 23.8 Å². The predicted octanol–water partition coefficient (Wildman–Crippen LogP) is 3.32. The van der Waals surface area contributed by atoms with E-state index in [1.807, 2.05) is 6.92 Å². The molecule has 2 fully saturated rings. The Kier molecular flexibility index (Phi) is 7.90. The van der Waals surface area contributed by atoms with Crippen LogP contribution >= 0.6 is 0 Å². The molecule has 0 unspecified atom stereocenters. The Hall–Kier alpha value is -2.84. The standard InChI is InChI=1S/C26H34N2O6/c1-4-32-26(30)27-14-21(15-27)19-5-6-23-20(13-19)7-9-28(25(23)18(2)3)24(8-10-29)34-17-22-16-31-11-12-33-22/h5-6,8,10,13,21-22H,4,7,9,11-12,14-17H2,1-3H3/b24-8+/t22-/m0/s1. The number of benzene rings is 1. The summed E-state index contributed by atoms with van der Waals surface area (Å²) < 4.78 is 22.3. The van der Waals surface area contributed by atoms with Gasteiger partial charge in [-0.15, -0.1) is 0 Å². The van der Waals surface area contributed by atoms with Crippen LogP contribution < -0.4 is 0 Å². The number of allylic oxidation sites excluding steroid dienone is 2. The molecule has 0 spiro atoms. The largest absolute Gasteiger partial charge is 0.476 e. The Labute approximate surface area is 201 Å². The number of ether oxygens (including phenoxy) is 4.